The molecule has 7 nitrogen and oxygen atoms in total. The molecule has 3 aromatic rings. The number of hydrogen-bond acceptors (Lipinski definition) is 6. The monoisotopic (exact) mass is 423 g/mol. The number of benzene rings is 1. The number of pyridine rings is 2. The molecule has 1 aromatic carbocycles. The first kappa shape index (κ1) is 21.1. The van der Waals surface area contributed by atoms with Gasteiger partial charge in [0.05, 0.1) is 18.1 Å². The van der Waals surface area contributed by atoms with Crippen molar-refractivity contribution in [1.29, 1.82) is 5.26 Å². The van der Waals surface area contributed by atoms with Gasteiger partial charge >= 0.3 is 0 Å². The van der Waals surface area contributed by atoms with Crippen LogP contribution < -0.4 is 0 Å². The van der Waals surface area contributed by atoms with Crippen LogP contribution >= 0.6 is 0 Å². The fraction of sp³-hybridized carbons (Fsp3) is 0.200. The Morgan fingerprint density at radius 2 is 1.47 bits per heavy atom. The standard InChI is InChI=1S/C25H21N5O2/c1-30-23(14-22(31)21-4-2-20(17-26)3-5-21)29-25(24(30)32,15-18-6-10-27-11-7-18)16-19-8-12-28-13-9-19/h2-13H,14-16H2,1H3. The Morgan fingerprint density at radius 1 is 0.938 bits per heavy atom. The average Bonchev–Trinajstić information content (AvgIpc) is 3.04. The zero-order valence-corrected chi connectivity index (χ0v) is 17.6. The zero-order valence-electron chi connectivity index (χ0n) is 17.6. The molecule has 3 heterocycles. The Kier molecular flexibility index (Phi) is 5.86. The number of nitrogens with zero attached hydrogens (tertiary/aromatic N) is 5. The molecule has 0 aliphatic carbocycles. The second-order valence-electron chi connectivity index (χ2n) is 7.78. The van der Waals surface area contributed by atoms with Gasteiger partial charge in [-0.1, -0.05) is 12.1 Å². The summed E-state index contributed by atoms with van der Waals surface area (Å²) in [6.07, 6.45) is 7.57. The van der Waals surface area contributed by atoms with E-state index in [1.54, 1.807) is 56.1 Å². The lowest BCUT2D eigenvalue weighted by molar-refractivity contribution is -0.130. The van der Waals surface area contributed by atoms with E-state index in [1.807, 2.05) is 30.3 Å². The molecule has 0 saturated heterocycles. The van der Waals surface area contributed by atoms with E-state index in [-0.39, 0.29) is 18.1 Å². The lowest BCUT2D eigenvalue weighted by Gasteiger charge is -2.25. The number of carbonyl (C=O) groups is 2. The lowest BCUT2D eigenvalue weighted by Crippen LogP contribution is -2.44. The van der Waals surface area contributed by atoms with Gasteiger partial charge in [0.1, 0.15) is 11.4 Å². The molecule has 0 spiro atoms. The molecule has 32 heavy (non-hydrogen) atoms. The van der Waals surface area contributed by atoms with Crippen molar-refractivity contribution in [1.82, 2.24) is 14.9 Å². The molecular formula is C25H21N5O2. The SMILES string of the molecule is CN1C(=O)C(Cc2ccncc2)(Cc2ccncc2)N=C1CC(=O)c1ccc(C#N)cc1. The summed E-state index contributed by atoms with van der Waals surface area (Å²) in [7, 11) is 1.66. The highest BCUT2D eigenvalue weighted by atomic mass is 16.2. The molecule has 0 unspecified atom stereocenters. The van der Waals surface area contributed by atoms with Crippen LogP contribution in [-0.2, 0) is 17.6 Å². The zero-order chi connectivity index (χ0) is 22.6. The van der Waals surface area contributed by atoms with Gasteiger partial charge in [-0.2, -0.15) is 5.26 Å². The second-order valence-corrected chi connectivity index (χ2v) is 7.78. The molecule has 1 aliphatic rings. The molecule has 0 N–H and O–H groups in total. The van der Waals surface area contributed by atoms with Crippen molar-refractivity contribution in [3.8, 4) is 6.07 Å². The summed E-state index contributed by atoms with van der Waals surface area (Å²) < 4.78 is 0. The lowest BCUT2D eigenvalue weighted by atomic mass is 9.85. The van der Waals surface area contributed by atoms with Gasteiger partial charge < -0.3 is 4.90 Å². The van der Waals surface area contributed by atoms with Gasteiger partial charge in [0.25, 0.3) is 5.91 Å². The van der Waals surface area contributed by atoms with Crippen molar-refractivity contribution in [2.45, 2.75) is 24.8 Å². The highest BCUT2D eigenvalue weighted by Gasteiger charge is 2.47. The van der Waals surface area contributed by atoms with Gasteiger partial charge in [-0.3, -0.25) is 24.5 Å². The molecule has 0 bridgehead atoms. The molecule has 0 atom stereocenters. The maximum Gasteiger partial charge on any atom is 0.256 e. The van der Waals surface area contributed by atoms with Gasteiger partial charge in [0, 0.05) is 50.2 Å². The average molecular weight is 423 g/mol. The van der Waals surface area contributed by atoms with E-state index in [1.165, 1.54) is 4.90 Å². The number of Topliss-reactive ketones (excluding diaryl/α,β-unsaturated/α-hetero) is 1. The van der Waals surface area contributed by atoms with E-state index < -0.39 is 5.54 Å². The predicted octanol–water partition coefficient (Wildman–Crippen LogP) is 3.02. The van der Waals surface area contributed by atoms with Gasteiger partial charge in [0.2, 0.25) is 0 Å². The van der Waals surface area contributed by atoms with E-state index >= 15 is 0 Å². The van der Waals surface area contributed by atoms with Crippen LogP contribution in [0.3, 0.4) is 0 Å². The maximum absolute atomic E-state index is 13.5. The van der Waals surface area contributed by atoms with Crippen molar-refractivity contribution in [2.24, 2.45) is 4.99 Å². The maximum atomic E-state index is 13.5. The van der Waals surface area contributed by atoms with Gasteiger partial charge in [-0.25, -0.2) is 0 Å². The topological polar surface area (TPSA) is 99.3 Å². The third-order valence-corrected chi connectivity index (χ3v) is 5.58. The van der Waals surface area contributed by atoms with Crippen molar-refractivity contribution in [3.63, 3.8) is 0 Å². The number of hydrogen-bond donors (Lipinski definition) is 0. The van der Waals surface area contributed by atoms with E-state index in [2.05, 4.69) is 9.97 Å². The highest BCUT2D eigenvalue weighted by molar-refractivity contribution is 6.16. The van der Waals surface area contributed by atoms with Crippen LogP contribution in [0.2, 0.25) is 0 Å². The Labute approximate surface area is 186 Å². The first-order chi connectivity index (χ1) is 15.5. The van der Waals surface area contributed by atoms with Crippen LogP contribution in [0.1, 0.15) is 33.5 Å². The van der Waals surface area contributed by atoms with E-state index in [0.29, 0.717) is 29.8 Å². The number of carbonyl (C=O) groups excluding carboxylic acids is 2. The summed E-state index contributed by atoms with van der Waals surface area (Å²) in [6, 6.07) is 16.0. The summed E-state index contributed by atoms with van der Waals surface area (Å²) in [6.45, 7) is 0. The number of aromatic nitrogens is 2. The number of amidine groups is 1. The van der Waals surface area contributed by atoms with Crippen LogP contribution in [0.25, 0.3) is 0 Å². The first-order valence-corrected chi connectivity index (χ1v) is 10.2. The Morgan fingerprint density at radius 3 is 1.97 bits per heavy atom. The van der Waals surface area contributed by atoms with Gasteiger partial charge in [-0.05, 0) is 47.5 Å². The number of nitriles is 1. The van der Waals surface area contributed by atoms with Crippen LogP contribution in [0.5, 0.6) is 0 Å². The highest BCUT2D eigenvalue weighted by Crippen LogP contribution is 2.31. The second kappa shape index (κ2) is 8.90. The molecule has 158 valence electrons. The summed E-state index contributed by atoms with van der Waals surface area (Å²) in [5.41, 5.74) is 1.81. The third-order valence-electron chi connectivity index (χ3n) is 5.58. The molecule has 0 fully saturated rings. The van der Waals surface area contributed by atoms with E-state index in [9.17, 15) is 9.59 Å². The van der Waals surface area contributed by atoms with Crippen molar-refractivity contribution < 1.29 is 9.59 Å². The van der Waals surface area contributed by atoms with Crippen molar-refractivity contribution in [2.75, 3.05) is 7.05 Å². The summed E-state index contributed by atoms with van der Waals surface area (Å²) in [4.78, 5) is 40.8. The Balaban J connectivity index is 1.66. The number of rotatable bonds is 7. The molecule has 1 aliphatic heterocycles. The number of aliphatic imine (C=N–C) groups is 1. The smallest absolute Gasteiger partial charge is 0.256 e. The van der Waals surface area contributed by atoms with Crippen LogP contribution in [0.15, 0.2) is 78.3 Å². The Hall–Kier alpha value is -4.18. The van der Waals surface area contributed by atoms with Crippen molar-refractivity contribution >= 4 is 17.5 Å². The van der Waals surface area contributed by atoms with Gasteiger partial charge in [-0.15, -0.1) is 0 Å². The van der Waals surface area contributed by atoms with Crippen LogP contribution in [0.4, 0.5) is 0 Å². The first-order valence-electron chi connectivity index (χ1n) is 10.2. The van der Waals surface area contributed by atoms with Crippen LogP contribution in [0, 0.1) is 11.3 Å². The summed E-state index contributed by atoms with van der Waals surface area (Å²) >= 11 is 0. The fourth-order valence-corrected chi connectivity index (χ4v) is 3.90. The Bertz CT molecular complexity index is 1160. The number of amides is 1. The minimum Gasteiger partial charge on any atom is -0.301 e. The molecule has 2 aromatic heterocycles. The van der Waals surface area contributed by atoms with Crippen molar-refractivity contribution in [3.05, 3.63) is 95.6 Å². The quantitative estimate of drug-likeness (QED) is 0.544. The predicted molar refractivity (Wildman–Crippen MR) is 119 cm³/mol. The normalized spacial score (nSPS) is 14.7. The minimum atomic E-state index is -1.04. The summed E-state index contributed by atoms with van der Waals surface area (Å²) in [5, 5.41) is 8.95. The molecule has 0 saturated carbocycles. The molecule has 7 heteroatoms. The van der Waals surface area contributed by atoms with Crippen LogP contribution in [-0.4, -0.2) is 45.0 Å². The number of likely N-dealkylation sites (N-methyl/N-ethyl adjacent to an activating group) is 1. The fourth-order valence-electron chi connectivity index (χ4n) is 3.90. The molecule has 1 amide bonds. The third kappa shape index (κ3) is 4.30. The molecule has 0 radical (unpaired) electrons. The molecular weight excluding hydrogens is 402 g/mol. The summed E-state index contributed by atoms with van der Waals surface area (Å²) in [5.74, 6) is 0.137. The largest absolute Gasteiger partial charge is 0.301 e. The number of ketones is 1. The molecule has 4 rings (SSSR count). The minimum absolute atomic E-state index is 0.00256. The van der Waals surface area contributed by atoms with E-state index in [4.69, 9.17) is 10.3 Å². The van der Waals surface area contributed by atoms with Gasteiger partial charge in [0.15, 0.2) is 5.78 Å². The van der Waals surface area contributed by atoms with E-state index in [0.717, 1.165) is 11.1 Å².